The SMILES string of the molecule is Cl.O=C1CCC(N2C(=O)c3ccc(N4CCC(OC5CCNCC5)CC4)cc3C2=O)C(=O)N1. The lowest BCUT2D eigenvalue weighted by Crippen LogP contribution is -2.54. The summed E-state index contributed by atoms with van der Waals surface area (Å²) in [7, 11) is 0. The Morgan fingerprint density at radius 2 is 1.52 bits per heavy atom. The Labute approximate surface area is 198 Å². The van der Waals surface area contributed by atoms with Gasteiger partial charge in [0, 0.05) is 25.2 Å². The van der Waals surface area contributed by atoms with Crippen LogP contribution in [0, 0.1) is 0 Å². The van der Waals surface area contributed by atoms with Crippen molar-refractivity contribution in [2.24, 2.45) is 0 Å². The first-order chi connectivity index (χ1) is 15.5. The topological polar surface area (TPSA) is 108 Å². The second-order valence-electron chi connectivity index (χ2n) is 8.95. The summed E-state index contributed by atoms with van der Waals surface area (Å²) in [6.07, 6.45) is 4.85. The number of halogens is 1. The summed E-state index contributed by atoms with van der Waals surface area (Å²) < 4.78 is 6.29. The molecule has 178 valence electrons. The summed E-state index contributed by atoms with van der Waals surface area (Å²) in [6.45, 7) is 3.68. The molecule has 1 atom stereocenters. The standard InChI is InChI=1S/C23H28N4O5.ClH/c28-20-4-3-19(21(29)25-20)27-22(30)17-2-1-14(13-18(17)23(27)31)26-11-7-16(8-12-26)32-15-5-9-24-10-6-15;/h1-2,13,15-16,19,24H,3-12H2,(H,25,28,29);1H. The molecule has 5 rings (SSSR count). The Bertz CT molecular complexity index is 956. The zero-order chi connectivity index (χ0) is 22.2. The molecule has 0 radical (unpaired) electrons. The van der Waals surface area contributed by atoms with Gasteiger partial charge < -0.3 is 15.0 Å². The molecule has 0 aromatic heterocycles. The highest BCUT2D eigenvalue weighted by Gasteiger charge is 2.44. The highest BCUT2D eigenvalue weighted by molar-refractivity contribution is 6.23. The van der Waals surface area contributed by atoms with Gasteiger partial charge >= 0.3 is 0 Å². The number of rotatable bonds is 4. The monoisotopic (exact) mass is 476 g/mol. The van der Waals surface area contributed by atoms with Gasteiger partial charge in [-0.25, -0.2) is 0 Å². The Balaban J connectivity index is 0.00000259. The zero-order valence-corrected chi connectivity index (χ0v) is 19.2. The lowest BCUT2D eigenvalue weighted by Gasteiger charge is -2.36. The van der Waals surface area contributed by atoms with Crippen molar-refractivity contribution >= 4 is 41.7 Å². The largest absolute Gasteiger partial charge is 0.375 e. The van der Waals surface area contributed by atoms with E-state index in [1.165, 1.54) is 0 Å². The maximum absolute atomic E-state index is 13.0. The predicted molar refractivity (Wildman–Crippen MR) is 123 cm³/mol. The van der Waals surface area contributed by atoms with E-state index in [4.69, 9.17) is 4.74 Å². The quantitative estimate of drug-likeness (QED) is 0.629. The Hall–Kier alpha value is -2.49. The van der Waals surface area contributed by atoms with Crippen LogP contribution in [0.2, 0.25) is 0 Å². The molecular weight excluding hydrogens is 448 g/mol. The first-order valence-corrected chi connectivity index (χ1v) is 11.5. The maximum atomic E-state index is 13.0. The van der Waals surface area contributed by atoms with Crippen molar-refractivity contribution in [2.75, 3.05) is 31.1 Å². The lowest BCUT2D eigenvalue weighted by molar-refractivity contribution is -0.136. The molecule has 0 aliphatic carbocycles. The summed E-state index contributed by atoms with van der Waals surface area (Å²) in [5.41, 5.74) is 1.54. The molecule has 4 aliphatic rings. The summed E-state index contributed by atoms with van der Waals surface area (Å²) in [5.74, 6) is -1.91. The molecule has 4 amide bonds. The van der Waals surface area contributed by atoms with Crippen molar-refractivity contribution in [1.82, 2.24) is 15.5 Å². The van der Waals surface area contributed by atoms with Crippen LogP contribution in [0.4, 0.5) is 5.69 Å². The molecule has 3 saturated heterocycles. The molecule has 2 N–H and O–H groups in total. The van der Waals surface area contributed by atoms with E-state index < -0.39 is 23.8 Å². The number of carbonyl (C=O) groups is 4. The average molecular weight is 477 g/mol. The van der Waals surface area contributed by atoms with Crippen LogP contribution in [0.1, 0.15) is 59.2 Å². The first-order valence-electron chi connectivity index (χ1n) is 11.5. The summed E-state index contributed by atoms with van der Waals surface area (Å²) in [4.78, 5) is 52.8. The molecule has 33 heavy (non-hydrogen) atoms. The maximum Gasteiger partial charge on any atom is 0.262 e. The summed E-state index contributed by atoms with van der Waals surface area (Å²) >= 11 is 0. The van der Waals surface area contributed by atoms with Crippen LogP contribution >= 0.6 is 12.4 Å². The Kier molecular flexibility index (Phi) is 7.02. The van der Waals surface area contributed by atoms with E-state index in [-0.39, 0.29) is 37.3 Å². The van der Waals surface area contributed by atoms with E-state index in [0.717, 1.165) is 62.4 Å². The number of benzene rings is 1. The number of piperidine rings is 3. The van der Waals surface area contributed by atoms with Crippen LogP contribution in [0.25, 0.3) is 0 Å². The van der Waals surface area contributed by atoms with Crippen molar-refractivity contribution in [1.29, 1.82) is 0 Å². The van der Waals surface area contributed by atoms with E-state index in [9.17, 15) is 19.2 Å². The molecule has 4 aliphatic heterocycles. The highest BCUT2D eigenvalue weighted by Crippen LogP contribution is 2.32. The van der Waals surface area contributed by atoms with Crippen LogP contribution in [-0.2, 0) is 14.3 Å². The van der Waals surface area contributed by atoms with Crippen molar-refractivity contribution in [2.45, 2.75) is 56.8 Å². The fourth-order valence-electron chi connectivity index (χ4n) is 5.11. The van der Waals surface area contributed by atoms with Gasteiger partial charge in [0.1, 0.15) is 6.04 Å². The van der Waals surface area contributed by atoms with Crippen LogP contribution in [0.3, 0.4) is 0 Å². The number of fused-ring (bicyclic) bond motifs is 1. The minimum atomic E-state index is -0.938. The minimum absolute atomic E-state index is 0. The molecule has 0 bridgehead atoms. The van der Waals surface area contributed by atoms with Gasteiger partial charge in [0.05, 0.1) is 23.3 Å². The van der Waals surface area contributed by atoms with Gasteiger partial charge in [0.2, 0.25) is 11.8 Å². The molecule has 0 saturated carbocycles. The molecule has 1 aromatic carbocycles. The number of carbonyl (C=O) groups excluding carboxylic acids is 4. The minimum Gasteiger partial charge on any atom is -0.375 e. The van der Waals surface area contributed by atoms with Crippen LogP contribution < -0.4 is 15.5 Å². The van der Waals surface area contributed by atoms with Crippen LogP contribution in [0.15, 0.2) is 18.2 Å². The van der Waals surface area contributed by atoms with Crippen LogP contribution in [0.5, 0.6) is 0 Å². The molecule has 1 unspecified atom stereocenters. The van der Waals surface area contributed by atoms with Crippen LogP contribution in [-0.4, -0.2) is 73.0 Å². The van der Waals surface area contributed by atoms with Crippen molar-refractivity contribution in [3.05, 3.63) is 29.3 Å². The molecular formula is C23H29ClN4O5. The first kappa shape index (κ1) is 23.7. The third kappa shape index (κ3) is 4.62. The van der Waals surface area contributed by atoms with Gasteiger partial charge in [-0.1, -0.05) is 0 Å². The second-order valence-corrected chi connectivity index (χ2v) is 8.95. The predicted octanol–water partition coefficient (Wildman–Crippen LogP) is 1.25. The second kappa shape index (κ2) is 9.79. The molecule has 1 aromatic rings. The van der Waals surface area contributed by atoms with E-state index in [1.54, 1.807) is 12.1 Å². The normalized spacial score (nSPS) is 24.5. The summed E-state index contributed by atoms with van der Waals surface area (Å²) in [6, 6.07) is 4.36. The van der Waals surface area contributed by atoms with E-state index >= 15 is 0 Å². The molecule has 9 nitrogen and oxygen atoms in total. The zero-order valence-electron chi connectivity index (χ0n) is 18.4. The van der Waals surface area contributed by atoms with Gasteiger partial charge in [-0.3, -0.25) is 29.4 Å². The highest BCUT2D eigenvalue weighted by atomic mass is 35.5. The third-order valence-electron chi connectivity index (χ3n) is 6.90. The lowest BCUT2D eigenvalue weighted by atomic mass is 10.0. The Morgan fingerprint density at radius 3 is 2.21 bits per heavy atom. The number of amides is 4. The van der Waals surface area contributed by atoms with E-state index in [2.05, 4.69) is 15.5 Å². The summed E-state index contributed by atoms with van der Waals surface area (Å²) in [5, 5.41) is 5.58. The van der Waals surface area contributed by atoms with Crippen molar-refractivity contribution in [3.8, 4) is 0 Å². The molecule has 4 heterocycles. The number of imide groups is 2. The van der Waals surface area contributed by atoms with Gasteiger partial charge in [-0.15, -0.1) is 12.4 Å². The Morgan fingerprint density at radius 1 is 0.848 bits per heavy atom. The third-order valence-corrected chi connectivity index (χ3v) is 6.90. The van der Waals surface area contributed by atoms with Gasteiger partial charge in [0.15, 0.2) is 0 Å². The number of nitrogens with zero attached hydrogens (tertiary/aromatic N) is 2. The number of nitrogens with one attached hydrogen (secondary N) is 2. The van der Waals surface area contributed by atoms with E-state index in [0.29, 0.717) is 17.2 Å². The molecule has 10 heteroatoms. The molecule has 3 fully saturated rings. The van der Waals surface area contributed by atoms with Gasteiger partial charge in [-0.05, 0) is 63.4 Å². The van der Waals surface area contributed by atoms with Gasteiger partial charge in [-0.2, -0.15) is 0 Å². The number of ether oxygens (including phenoxy) is 1. The van der Waals surface area contributed by atoms with E-state index in [1.807, 2.05) is 6.07 Å². The average Bonchev–Trinajstić information content (AvgIpc) is 3.05. The smallest absolute Gasteiger partial charge is 0.262 e. The number of hydrogen-bond acceptors (Lipinski definition) is 7. The number of hydrogen-bond donors (Lipinski definition) is 2. The van der Waals surface area contributed by atoms with Crippen molar-refractivity contribution < 1.29 is 23.9 Å². The number of anilines is 1. The fourth-order valence-corrected chi connectivity index (χ4v) is 5.11. The molecule has 0 spiro atoms. The van der Waals surface area contributed by atoms with Crippen molar-refractivity contribution in [3.63, 3.8) is 0 Å². The van der Waals surface area contributed by atoms with Gasteiger partial charge in [0.25, 0.3) is 11.8 Å². The fraction of sp³-hybridized carbons (Fsp3) is 0.565.